The molecule has 1 aliphatic heterocycles. The number of hydrogen-bond acceptors (Lipinski definition) is 3. The van der Waals surface area contributed by atoms with E-state index in [-0.39, 0.29) is 30.8 Å². The molecule has 3 amide bonds. The van der Waals surface area contributed by atoms with E-state index in [9.17, 15) is 14.4 Å². The highest BCUT2D eigenvalue weighted by atomic mass is 16.2. The lowest BCUT2D eigenvalue weighted by Crippen LogP contribution is -2.42. The number of hydrogen-bond donors (Lipinski definition) is 2. The zero-order valence-electron chi connectivity index (χ0n) is 9.41. The van der Waals surface area contributed by atoms with Crippen LogP contribution in [-0.4, -0.2) is 48.8 Å². The van der Waals surface area contributed by atoms with E-state index in [4.69, 9.17) is 0 Å². The van der Waals surface area contributed by atoms with Crippen molar-refractivity contribution in [2.24, 2.45) is 0 Å². The van der Waals surface area contributed by atoms with Gasteiger partial charge in [0.2, 0.25) is 17.7 Å². The lowest BCUT2D eigenvalue weighted by Gasteiger charge is -2.15. The van der Waals surface area contributed by atoms with E-state index >= 15 is 0 Å². The van der Waals surface area contributed by atoms with Crippen molar-refractivity contribution in [3.05, 3.63) is 0 Å². The molecule has 0 aliphatic carbocycles. The number of carbonyl (C=O) groups excluding carboxylic acids is 3. The number of nitrogens with zero attached hydrogens (tertiary/aromatic N) is 1. The second kappa shape index (κ2) is 6.09. The summed E-state index contributed by atoms with van der Waals surface area (Å²) in [6.45, 7) is 2.82. The van der Waals surface area contributed by atoms with Crippen molar-refractivity contribution in [3.63, 3.8) is 0 Å². The summed E-state index contributed by atoms with van der Waals surface area (Å²) in [5.74, 6) is -0.669. The second-order valence-corrected chi connectivity index (χ2v) is 3.77. The summed E-state index contributed by atoms with van der Waals surface area (Å²) >= 11 is 0. The van der Waals surface area contributed by atoms with Crippen LogP contribution in [0.25, 0.3) is 0 Å². The summed E-state index contributed by atoms with van der Waals surface area (Å²) < 4.78 is 0. The second-order valence-electron chi connectivity index (χ2n) is 3.77. The Morgan fingerprint density at radius 3 is 2.25 bits per heavy atom. The molecule has 6 nitrogen and oxygen atoms in total. The summed E-state index contributed by atoms with van der Waals surface area (Å²) in [5, 5.41) is 4.83. The van der Waals surface area contributed by atoms with Gasteiger partial charge in [0, 0.05) is 20.0 Å². The Hall–Kier alpha value is -1.59. The molecule has 0 saturated carbocycles. The zero-order chi connectivity index (χ0) is 12.0. The summed E-state index contributed by atoms with van der Waals surface area (Å²) in [6, 6.07) is 0. The normalized spacial score (nSPS) is 14.7. The molecule has 1 aliphatic rings. The van der Waals surface area contributed by atoms with Gasteiger partial charge in [0.25, 0.3) is 0 Å². The van der Waals surface area contributed by atoms with Crippen LogP contribution in [0.5, 0.6) is 0 Å². The molecule has 0 bridgehead atoms. The fraction of sp³-hybridized carbons (Fsp3) is 0.700. The minimum Gasteiger partial charge on any atom is -0.347 e. The highest BCUT2D eigenvalue weighted by Crippen LogP contribution is 2.06. The van der Waals surface area contributed by atoms with E-state index in [1.54, 1.807) is 4.90 Å². The first-order chi connectivity index (χ1) is 7.59. The first-order valence-corrected chi connectivity index (χ1v) is 5.38. The van der Waals surface area contributed by atoms with Crippen LogP contribution in [0.1, 0.15) is 19.8 Å². The van der Waals surface area contributed by atoms with Crippen molar-refractivity contribution in [2.75, 3.05) is 26.2 Å². The maximum absolute atomic E-state index is 11.5. The summed E-state index contributed by atoms with van der Waals surface area (Å²) in [4.78, 5) is 34.9. The lowest BCUT2D eigenvalue weighted by atomic mass is 10.4. The fourth-order valence-electron chi connectivity index (χ4n) is 1.52. The van der Waals surface area contributed by atoms with Crippen molar-refractivity contribution in [1.82, 2.24) is 15.5 Å². The van der Waals surface area contributed by atoms with Gasteiger partial charge < -0.3 is 15.5 Å². The molecule has 1 saturated heterocycles. The van der Waals surface area contributed by atoms with Crippen molar-refractivity contribution >= 4 is 17.7 Å². The van der Waals surface area contributed by atoms with E-state index in [0.717, 1.165) is 25.9 Å². The molecular formula is C10H17N3O3. The molecule has 0 aromatic heterocycles. The van der Waals surface area contributed by atoms with E-state index in [2.05, 4.69) is 10.6 Å². The third-order valence-corrected chi connectivity index (χ3v) is 2.39. The Bertz CT molecular complexity index is 285. The average Bonchev–Trinajstić information content (AvgIpc) is 2.76. The molecule has 0 radical (unpaired) electrons. The van der Waals surface area contributed by atoms with Gasteiger partial charge in [-0.15, -0.1) is 0 Å². The molecule has 1 rings (SSSR count). The molecule has 0 spiro atoms. The van der Waals surface area contributed by atoms with Crippen LogP contribution in [0.3, 0.4) is 0 Å². The average molecular weight is 227 g/mol. The Morgan fingerprint density at radius 2 is 1.69 bits per heavy atom. The molecule has 16 heavy (non-hydrogen) atoms. The van der Waals surface area contributed by atoms with Crippen molar-refractivity contribution < 1.29 is 14.4 Å². The van der Waals surface area contributed by atoms with Crippen LogP contribution < -0.4 is 10.6 Å². The van der Waals surface area contributed by atoms with Gasteiger partial charge >= 0.3 is 0 Å². The molecule has 0 unspecified atom stereocenters. The van der Waals surface area contributed by atoms with Crippen LogP contribution in [0, 0.1) is 0 Å². The van der Waals surface area contributed by atoms with Gasteiger partial charge in [-0.2, -0.15) is 0 Å². The molecule has 1 fully saturated rings. The van der Waals surface area contributed by atoms with Crippen molar-refractivity contribution in [1.29, 1.82) is 0 Å². The predicted octanol–water partition coefficient (Wildman–Crippen LogP) is -1.14. The maximum atomic E-state index is 11.5. The summed E-state index contributed by atoms with van der Waals surface area (Å²) in [7, 11) is 0. The van der Waals surface area contributed by atoms with Crippen LogP contribution >= 0.6 is 0 Å². The smallest absolute Gasteiger partial charge is 0.241 e. The quantitative estimate of drug-likeness (QED) is 0.637. The van der Waals surface area contributed by atoms with E-state index < -0.39 is 0 Å². The van der Waals surface area contributed by atoms with Gasteiger partial charge in [0.15, 0.2) is 0 Å². The minimum atomic E-state index is -0.345. The third-order valence-electron chi connectivity index (χ3n) is 2.39. The molecular weight excluding hydrogens is 210 g/mol. The molecule has 0 atom stereocenters. The van der Waals surface area contributed by atoms with Gasteiger partial charge in [-0.3, -0.25) is 14.4 Å². The number of amides is 3. The highest BCUT2D eigenvalue weighted by molar-refractivity contribution is 5.87. The molecule has 6 heteroatoms. The number of nitrogens with one attached hydrogen (secondary N) is 2. The van der Waals surface area contributed by atoms with E-state index in [1.165, 1.54) is 6.92 Å². The Kier molecular flexibility index (Phi) is 4.75. The molecule has 90 valence electrons. The van der Waals surface area contributed by atoms with Crippen molar-refractivity contribution in [2.45, 2.75) is 19.8 Å². The number of rotatable bonds is 4. The SMILES string of the molecule is CC(=O)NCC(=O)NCC(=O)N1CCCC1. The van der Waals surface area contributed by atoms with Crippen molar-refractivity contribution in [3.8, 4) is 0 Å². The monoisotopic (exact) mass is 227 g/mol. The maximum Gasteiger partial charge on any atom is 0.241 e. The fourth-order valence-corrected chi connectivity index (χ4v) is 1.52. The van der Waals surface area contributed by atoms with Gasteiger partial charge in [-0.25, -0.2) is 0 Å². The van der Waals surface area contributed by atoms with E-state index in [1.807, 2.05) is 0 Å². The van der Waals surface area contributed by atoms with Crippen LogP contribution in [0.4, 0.5) is 0 Å². The zero-order valence-corrected chi connectivity index (χ0v) is 9.41. The number of carbonyl (C=O) groups is 3. The Morgan fingerprint density at radius 1 is 1.06 bits per heavy atom. The van der Waals surface area contributed by atoms with Crippen LogP contribution in [0.2, 0.25) is 0 Å². The summed E-state index contributed by atoms with van der Waals surface area (Å²) in [5.41, 5.74) is 0. The number of likely N-dealkylation sites (tertiary alicyclic amines) is 1. The van der Waals surface area contributed by atoms with Crippen LogP contribution in [-0.2, 0) is 14.4 Å². The van der Waals surface area contributed by atoms with E-state index in [0.29, 0.717) is 0 Å². The summed E-state index contributed by atoms with van der Waals surface area (Å²) in [6.07, 6.45) is 2.07. The van der Waals surface area contributed by atoms with Gasteiger partial charge in [0.05, 0.1) is 13.1 Å². The lowest BCUT2D eigenvalue weighted by molar-refractivity contribution is -0.132. The first-order valence-electron chi connectivity index (χ1n) is 5.38. The topological polar surface area (TPSA) is 78.5 Å². The molecule has 0 aromatic rings. The standard InChI is InChI=1S/C10H17N3O3/c1-8(14)11-6-9(15)12-7-10(16)13-4-2-3-5-13/h2-7H2,1H3,(H,11,14)(H,12,15). The van der Waals surface area contributed by atoms with Gasteiger partial charge in [-0.1, -0.05) is 0 Å². The molecule has 2 N–H and O–H groups in total. The Balaban J connectivity index is 2.15. The third kappa shape index (κ3) is 4.29. The minimum absolute atomic E-state index is 0.0123. The largest absolute Gasteiger partial charge is 0.347 e. The predicted molar refractivity (Wildman–Crippen MR) is 57.5 cm³/mol. The Labute approximate surface area is 94.4 Å². The highest BCUT2D eigenvalue weighted by Gasteiger charge is 2.17. The van der Waals surface area contributed by atoms with Gasteiger partial charge in [0.1, 0.15) is 0 Å². The van der Waals surface area contributed by atoms with Gasteiger partial charge in [-0.05, 0) is 12.8 Å². The first kappa shape index (κ1) is 12.5. The van der Waals surface area contributed by atoms with Crippen LogP contribution in [0.15, 0.2) is 0 Å². The molecule has 0 aromatic carbocycles. The molecule has 1 heterocycles.